The van der Waals surface area contributed by atoms with Crippen molar-refractivity contribution in [2.24, 2.45) is 0 Å². The van der Waals surface area contributed by atoms with Crippen LogP contribution in [0.25, 0.3) is 0 Å². The second kappa shape index (κ2) is 2.25. The van der Waals surface area contributed by atoms with Crippen molar-refractivity contribution in [3.63, 3.8) is 0 Å². The molecule has 4 heteroatoms. The molecule has 2 saturated heterocycles. The van der Waals surface area contributed by atoms with Crippen molar-refractivity contribution in [1.82, 2.24) is 5.06 Å². The standard InChI is InChI=1S/C9H15NO3/c1-9(2)11-7-5-4-6(8(7)12-9)13-10(5)3/h5-8H,4H2,1-3H3/t5-,6-,7-,8+/m1/s1. The van der Waals surface area contributed by atoms with Crippen molar-refractivity contribution in [3.05, 3.63) is 0 Å². The number of rotatable bonds is 0. The second-order valence-electron chi connectivity index (χ2n) is 4.56. The van der Waals surface area contributed by atoms with Crippen LogP contribution in [0.2, 0.25) is 0 Å². The summed E-state index contributed by atoms with van der Waals surface area (Å²) in [5, 5.41) is 1.91. The molecule has 3 rings (SSSR count). The first kappa shape index (κ1) is 8.17. The van der Waals surface area contributed by atoms with Gasteiger partial charge in [-0.2, -0.15) is 5.06 Å². The van der Waals surface area contributed by atoms with Crippen LogP contribution in [0.1, 0.15) is 20.3 Å². The molecule has 1 aliphatic carbocycles. The largest absolute Gasteiger partial charge is 0.343 e. The third-order valence-corrected chi connectivity index (χ3v) is 3.15. The molecular weight excluding hydrogens is 170 g/mol. The van der Waals surface area contributed by atoms with E-state index in [1.54, 1.807) is 0 Å². The Morgan fingerprint density at radius 3 is 2.69 bits per heavy atom. The van der Waals surface area contributed by atoms with Crippen LogP contribution < -0.4 is 0 Å². The molecule has 0 unspecified atom stereocenters. The Morgan fingerprint density at radius 1 is 1.23 bits per heavy atom. The molecule has 0 radical (unpaired) electrons. The van der Waals surface area contributed by atoms with Crippen LogP contribution in [0.3, 0.4) is 0 Å². The van der Waals surface area contributed by atoms with Gasteiger partial charge in [0.1, 0.15) is 18.3 Å². The summed E-state index contributed by atoms with van der Waals surface area (Å²) < 4.78 is 11.6. The number of hydrogen-bond donors (Lipinski definition) is 0. The maximum absolute atomic E-state index is 5.83. The summed E-state index contributed by atoms with van der Waals surface area (Å²) in [7, 11) is 1.97. The molecule has 0 spiro atoms. The quantitative estimate of drug-likeness (QED) is 0.550. The van der Waals surface area contributed by atoms with Crippen LogP contribution >= 0.6 is 0 Å². The number of nitrogens with zero attached hydrogens (tertiary/aromatic N) is 1. The van der Waals surface area contributed by atoms with Gasteiger partial charge >= 0.3 is 0 Å². The summed E-state index contributed by atoms with van der Waals surface area (Å²) in [6, 6.07) is 0.386. The zero-order valence-electron chi connectivity index (χ0n) is 8.19. The molecule has 0 aromatic rings. The molecule has 4 nitrogen and oxygen atoms in total. The minimum Gasteiger partial charge on any atom is -0.343 e. The number of likely N-dealkylation sites (N-methyl/N-ethyl adjacent to an activating group) is 1. The average Bonchev–Trinajstić information content (AvgIpc) is 2.56. The fraction of sp³-hybridized carbons (Fsp3) is 1.00. The fourth-order valence-corrected chi connectivity index (χ4v) is 2.66. The first-order chi connectivity index (χ1) is 6.07. The van der Waals surface area contributed by atoms with Gasteiger partial charge in [-0.1, -0.05) is 0 Å². The lowest BCUT2D eigenvalue weighted by molar-refractivity contribution is -0.209. The molecule has 1 saturated carbocycles. The molecular formula is C9H15NO3. The Balaban J connectivity index is 1.87. The molecule has 4 atom stereocenters. The molecule has 0 aromatic carbocycles. The fourth-order valence-electron chi connectivity index (χ4n) is 2.66. The van der Waals surface area contributed by atoms with E-state index >= 15 is 0 Å². The van der Waals surface area contributed by atoms with E-state index in [1.165, 1.54) is 0 Å². The number of hydroxylamine groups is 2. The lowest BCUT2D eigenvalue weighted by Gasteiger charge is -2.28. The van der Waals surface area contributed by atoms with Crippen molar-refractivity contribution >= 4 is 0 Å². The van der Waals surface area contributed by atoms with Crippen LogP contribution in [-0.4, -0.2) is 42.3 Å². The van der Waals surface area contributed by atoms with E-state index in [2.05, 4.69) is 0 Å². The second-order valence-corrected chi connectivity index (χ2v) is 4.56. The van der Waals surface area contributed by atoms with Gasteiger partial charge in [-0.15, -0.1) is 0 Å². The lowest BCUT2D eigenvalue weighted by atomic mass is 10.2. The Kier molecular flexibility index (Phi) is 1.42. The Morgan fingerprint density at radius 2 is 1.92 bits per heavy atom. The van der Waals surface area contributed by atoms with Gasteiger partial charge in [0.2, 0.25) is 0 Å². The highest BCUT2D eigenvalue weighted by Crippen LogP contribution is 2.45. The predicted octanol–water partition coefficient (Wildman–Crippen LogP) is 0.524. The topological polar surface area (TPSA) is 30.9 Å². The van der Waals surface area contributed by atoms with Crippen molar-refractivity contribution in [2.75, 3.05) is 7.05 Å². The van der Waals surface area contributed by atoms with E-state index in [1.807, 2.05) is 26.0 Å². The monoisotopic (exact) mass is 185 g/mol. The maximum atomic E-state index is 5.83. The van der Waals surface area contributed by atoms with Crippen LogP contribution in [-0.2, 0) is 14.3 Å². The van der Waals surface area contributed by atoms with Crippen molar-refractivity contribution in [3.8, 4) is 0 Å². The number of hydrogen-bond acceptors (Lipinski definition) is 4. The maximum Gasteiger partial charge on any atom is 0.163 e. The SMILES string of the molecule is CN1O[C@@H]2C[C@@H]1[C@H]1OC(C)(C)O[C@H]12. The summed E-state index contributed by atoms with van der Waals surface area (Å²) in [5.41, 5.74) is 0. The van der Waals surface area contributed by atoms with Crippen LogP contribution in [0.5, 0.6) is 0 Å². The molecule has 2 aliphatic heterocycles. The third kappa shape index (κ3) is 1.00. The third-order valence-electron chi connectivity index (χ3n) is 3.15. The highest BCUT2D eigenvalue weighted by atomic mass is 16.8. The van der Waals surface area contributed by atoms with Crippen molar-refractivity contribution in [2.45, 2.75) is 50.4 Å². The molecule has 2 bridgehead atoms. The number of fused-ring (bicyclic) bond motifs is 5. The molecule has 3 fully saturated rings. The van der Waals surface area contributed by atoms with E-state index < -0.39 is 5.79 Å². The predicted molar refractivity (Wildman–Crippen MR) is 44.9 cm³/mol. The normalized spacial score (nSPS) is 52.8. The van der Waals surface area contributed by atoms with Gasteiger partial charge in [-0.25, -0.2) is 0 Å². The first-order valence-electron chi connectivity index (χ1n) is 4.82. The Labute approximate surface area is 77.7 Å². The van der Waals surface area contributed by atoms with Gasteiger partial charge in [0.15, 0.2) is 5.79 Å². The molecule has 0 N–H and O–H groups in total. The average molecular weight is 185 g/mol. The van der Waals surface area contributed by atoms with E-state index in [9.17, 15) is 0 Å². The highest BCUT2D eigenvalue weighted by molar-refractivity contribution is 5.05. The lowest BCUT2D eigenvalue weighted by Crippen LogP contribution is -2.45. The van der Waals surface area contributed by atoms with E-state index in [0.29, 0.717) is 6.04 Å². The van der Waals surface area contributed by atoms with Gasteiger partial charge < -0.3 is 9.47 Å². The molecule has 0 aromatic heterocycles. The molecule has 0 amide bonds. The molecule has 3 aliphatic rings. The van der Waals surface area contributed by atoms with Gasteiger partial charge in [0, 0.05) is 7.05 Å². The smallest absolute Gasteiger partial charge is 0.163 e. The summed E-state index contributed by atoms with van der Waals surface area (Å²) in [4.78, 5) is 5.60. The van der Waals surface area contributed by atoms with Crippen molar-refractivity contribution < 1.29 is 14.3 Å². The van der Waals surface area contributed by atoms with Crippen LogP contribution in [0.4, 0.5) is 0 Å². The Hall–Kier alpha value is -0.160. The Bertz CT molecular complexity index is 243. The van der Waals surface area contributed by atoms with Gasteiger partial charge in [-0.05, 0) is 20.3 Å². The number of ether oxygens (including phenoxy) is 2. The summed E-state index contributed by atoms with van der Waals surface area (Å²) >= 11 is 0. The zero-order valence-corrected chi connectivity index (χ0v) is 8.19. The highest BCUT2D eigenvalue weighted by Gasteiger charge is 2.60. The van der Waals surface area contributed by atoms with Gasteiger partial charge in [-0.3, -0.25) is 4.84 Å². The van der Waals surface area contributed by atoms with Gasteiger partial charge in [0.05, 0.1) is 6.04 Å². The summed E-state index contributed by atoms with van der Waals surface area (Å²) in [6.45, 7) is 3.93. The van der Waals surface area contributed by atoms with Crippen LogP contribution in [0.15, 0.2) is 0 Å². The van der Waals surface area contributed by atoms with Crippen molar-refractivity contribution in [1.29, 1.82) is 0 Å². The van der Waals surface area contributed by atoms with E-state index in [-0.39, 0.29) is 18.3 Å². The molecule has 74 valence electrons. The summed E-state index contributed by atoms with van der Waals surface area (Å²) in [5.74, 6) is -0.430. The van der Waals surface area contributed by atoms with Crippen LogP contribution in [0, 0.1) is 0 Å². The summed E-state index contributed by atoms with van der Waals surface area (Å²) in [6.07, 6.45) is 1.61. The zero-order chi connectivity index (χ0) is 9.22. The van der Waals surface area contributed by atoms with Gasteiger partial charge in [0.25, 0.3) is 0 Å². The minimum atomic E-state index is -0.430. The van der Waals surface area contributed by atoms with E-state index in [0.717, 1.165) is 6.42 Å². The molecule has 2 heterocycles. The minimum absolute atomic E-state index is 0.149. The molecule has 13 heavy (non-hydrogen) atoms. The first-order valence-corrected chi connectivity index (χ1v) is 4.82. The van der Waals surface area contributed by atoms with E-state index in [4.69, 9.17) is 14.3 Å².